The molecule has 2 aromatic rings. The number of rotatable bonds is 4. The standard InChI is InChI=1S/C16H21NO/c1-5-13-8-6-7-9-14(13)16(17-4)15-10-11(2)18-12(15)3/h6-10,16-17H,5H2,1-4H3. The van der Waals surface area contributed by atoms with E-state index in [9.17, 15) is 0 Å². The molecule has 1 aromatic carbocycles. The van der Waals surface area contributed by atoms with Crippen LogP contribution in [0.15, 0.2) is 34.7 Å². The Morgan fingerprint density at radius 2 is 1.89 bits per heavy atom. The van der Waals surface area contributed by atoms with E-state index < -0.39 is 0 Å². The van der Waals surface area contributed by atoms with Crippen molar-refractivity contribution < 1.29 is 4.42 Å². The van der Waals surface area contributed by atoms with Crippen LogP contribution in [0.25, 0.3) is 0 Å². The highest BCUT2D eigenvalue weighted by molar-refractivity contribution is 5.39. The lowest BCUT2D eigenvalue weighted by Crippen LogP contribution is -2.19. The topological polar surface area (TPSA) is 25.2 Å². The predicted molar refractivity (Wildman–Crippen MR) is 74.9 cm³/mol. The third kappa shape index (κ3) is 2.34. The van der Waals surface area contributed by atoms with E-state index in [0.29, 0.717) is 0 Å². The zero-order valence-corrected chi connectivity index (χ0v) is 11.6. The van der Waals surface area contributed by atoms with Gasteiger partial charge < -0.3 is 9.73 Å². The molecule has 0 aliphatic heterocycles. The van der Waals surface area contributed by atoms with E-state index >= 15 is 0 Å². The molecule has 0 spiro atoms. The lowest BCUT2D eigenvalue weighted by atomic mass is 9.93. The summed E-state index contributed by atoms with van der Waals surface area (Å²) in [6, 6.07) is 10.9. The van der Waals surface area contributed by atoms with Crippen molar-refractivity contribution in [3.63, 3.8) is 0 Å². The van der Waals surface area contributed by atoms with E-state index in [1.807, 2.05) is 20.9 Å². The van der Waals surface area contributed by atoms with Crippen LogP contribution in [0.3, 0.4) is 0 Å². The second kappa shape index (κ2) is 5.40. The third-order valence-electron chi connectivity index (χ3n) is 3.43. The highest BCUT2D eigenvalue weighted by Crippen LogP contribution is 2.29. The van der Waals surface area contributed by atoms with Gasteiger partial charge in [-0.15, -0.1) is 0 Å². The van der Waals surface area contributed by atoms with Crippen LogP contribution in [0.4, 0.5) is 0 Å². The predicted octanol–water partition coefficient (Wildman–Crippen LogP) is 3.77. The molecule has 0 fully saturated rings. The lowest BCUT2D eigenvalue weighted by Gasteiger charge is -2.19. The van der Waals surface area contributed by atoms with E-state index in [0.717, 1.165) is 17.9 Å². The number of furan rings is 1. The maximum atomic E-state index is 5.65. The van der Waals surface area contributed by atoms with Crippen molar-refractivity contribution in [2.75, 3.05) is 7.05 Å². The molecule has 18 heavy (non-hydrogen) atoms. The Kier molecular flexibility index (Phi) is 3.87. The maximum Gasteiger partial charge on any atom is 0.106 e. The summed E-state index contributed by atoms with van der Waals surface area (Å²) in [5.41, 5.74) is 3.96. The normalized spacial score (nSPS) is 12.7. The molecule has 2 heteroatoms. The Hall–Kier alpha value is -1.54. The van der Waals surface area contributed by atoms with Crippen LogP contribution >= 0.6 is 0 Å². The summed E-state index contributed by atoms with van der Waals surface area (Å²) in [4.78, 5) is 0. The third-order valence-corrected chi connectivity index (χ3v) is 3.43. The average molecular weight is 243 g/mol. The Balaban J connectivity index is 2.48. The number of aryl methyl sites for hydroxylation is 3. The molecule has 1 unspecified atom stereocenters. The molecule has 1 aromatic heterocycles. The van der Waals surface area contributed by atoms with Crippen LogP contribution in [0, 0.1) is 13.8 Å². The van der Waals surface area contributed by atoms with Gasteiger partial charge in [0.2, 0.25) is 0 Å². The van der Waals surface area contributed by atoms with Crippen molar-refractivity contribution in [3.8, 4) is 0 Å². The van der Waals surface area contributed by atoms with Crippen LogP contribution in [0.1, 0.15) is 41.2 Å². The summed E-state index contributed by atoms with van der Waals surface area (Å²) < 4.78 is 5.65. The molecule has 0 bridgehead atoms. The van der Waals surface area contributed by atoms with Gasteiger partial charge in [0.05, 0.1) is 6.04 Å². The summed E-state index contributed by atoms with van der Waals surface area (Å²) >= 11 is 0. The van der Waals surface area contributed by atoms with E-state index in [4.69, 9.17) is 4.42 Å². The molecule has 0 saturated heterocycles. The minimum Gasteiger partial charge on any atom is -0.466 e. The van der Waals surface area contributed by atoms with Gasteiger partial charge in [0.1, 0.15) is 11.5 Å². The van der Waals surface area contributed by atoms with Gasteiger partial charge in [-0.1, -0.05) is 31.2 Å². The van der Waals surface area contributed by atoms with Crippen molar-refractivity contribution >= 4 is 0 Å². The van der Waals surface area contributed by atoms with Gasteiger partial charge in [0, 0.05) is 5.56 Å². The Bertz CT molecular complexity index is 528. The second-order valence-corrected chi connectivity index (χ2v) is 4.64. The second-order valence-electron chi connectivity index (χ2n) is 4.64. The van der Waals surface area contributed by atoms with E-state index in [2.05, 4.69) is 42.6 Å². The van der Waals surface area contributed by atoms with E-state index in [1.54, 1.807) is 0 Å². The van der Waals surface area contributed by atoms with Crippen molar-refractivity contribution in [3.05, 3.63) is 58.5 Å². The van der Waals surface area contributed by atoms with Gasteiger partial charge in [-0.2, -0.15) is 0 Å². The summed E-state index contributed by atoms with van der Waals surface area (Å²) in [5, 5.41) is 3.40. The van der Waals surface area contributed by atoms with Crippen LogP contribution in [0.5, 0.6) is 0 Å². The van der Waals surface area contributed by atoms with Crippen molar-refractivity contribution in [2.45, 2.75) is 33.2 Å². The minimum absolute atomic E-state index is 0.207. The van der Waals surface area contributed by atoms with Gasteiger partial charge >= 0.3 is 0 Å². The Labute approximate surface area is 109 Å². The lowest BCUT2D eigenvalue weighted by molar-refractivity contribution is 0.496. The zero-order chi connectivity index (χ0) is 13.1. The molecule has 2 nitrogen and oxygen atoms in total. The highest BCUT2D eigenvalue weighted by atomic mass is 16.3. The molecule has 0 aliphatic carbocycles. The fourth-order valence-electron chi connectivity index (χ4n) is 2.55. The number of hydrogen-bond acceptors (Lipinski definition) is 2. The van der Waals surface area contributed by atoms with Gasteiger partial charge in [0.25, 0.3) is 0 Å². The molecule has 96 valence electrons. The van der Waals surface area contributed by atoms with Gasteiger partial charge in [-0.3, -0.25) is 0 Å². The first-order valence-electron chi connectivity index (χ1n) is 6.49. The molecule has 1 N–H and O–H groups in total. The largest absolute Gasteiger partial charge is 0.466 e. The minimum atomic E-state index is 0.207. The molecular formula is C16H21NO. The molecule has 2 rings (SSSR count). The number of nitrogens with one attached hydrogen (secondary N) is 1. The smallest absolute Gasteiger partial charge is 0.106 e. The number of hydrogen-bond donors (Lipinski definition) is 1. The molecule has 0 saturated carbocycles. The monoisotopic (exact) mass is 243 g/mol. The highest BCUT2D eigenvalue weighted by Gasteiger charge is 2.19. The van der Waals surface area contributed by atoms with E-state index in [-0.39, 0.29) is 6.04 Å². The number of benzene rings is 1. The van der Waals surface area contributed by atoms with Gasteiger partial charge in [-0.05, 0) is 44.5 Å². The molecule has 1 atom stereocenters. The Morgan fingerprint density at radius 1 is 1.17 bits per heavy atom. The first kappa shape index (κ1) is 12.9. The quantitative estimate of drug-likeness (QED) is 0.884. The zero-order valence-electron chi connectivity index (χ0n) is 11.6. The summed E-state index contributed by atoms with van der Waals surface area (Å²) in [5.74, 6) is 1.97. The summed E-state index contributed by atoms with van der Waals surface area (Å²) in [6.45, 7) is 6.22. The SMILES string of the molecule is CCc1ccccc1C(NC)c1cc(C)oc1C. The molecule has 0 amide bonds. The average Bonchev–Trinajstić information content (AvgIpc) is 2.70. The van der Waals surface area contributed by atoms with Gasteiger partial charge in [0.15, 0.2) is 0 Å². The molecule has 0 aliphatic rings. The van der Waals surface area contributed by atoms with Crippen molar-refractivity contribution in [2.24, 2.45) is 0 Å². The Morgan fingerprint density at radius 3 is 2.44 bits per heavy atom. The van der Waals surface area contributed by atoms with Crippen LogP contribution in [-0.4, -0.2) is 7.05 Å². The fraction of sp³-hybridized carbons (Fsp3) is 0.375. The first-order chi connectivity index (χ1) is 8.67. The van der Waals surface area contributed by atoms with Crippen LogP contribution in [-0.2, 0) is 6.42 Å². The summed E-state index contributed by atoms with van der Waals surface area (Å²) in [7, 11) is 2.00. The molecule has 1 heterocycles. The summed E-state index contributed by atoms with van der Waals surface area (Å²) in [6.07, 6.45) is 1.05. The maximum absolute atomic E-state index is 5.65. The molecular weight excluding hydrogens is 222 g/mol. The van der Waals surface area contributed by atoms with Crippen molar-refractivity contribution in [1.29, 1.82) is 0 Å². The first-order valence-corrected chi connectivity index (χ1v) is 6.49. The van der Waals surface area contributed by atoms with Gasteiger partial charge in [-0.25, -0.2) is 0 Å². The van der Waals surface area contributed by atoms with Crippen LogP contribution < -0.4 is 5.32 Å². The van der Waals surface area contributed by atoms with Crippen LogP contribution in [0.2, 0.25) is 0 Å². The van der Waals surface area contributed by atoms with Crippen molar-refractivity contribution in [1.82, 2.24) is 5.32 Å². The molecule has 0 radical (unpaired) electrons. The fourth-order valence-corrected chi connectivity index (χ4v) is 2.55. The van der Waals surface area contributed by atoms with E-state index in [1.165, 1.54) is 16.7 Å².